The Morgan fingerprint density at radius 1 is 1.31 bits per heavy atom. The maximum Gasteiger partial charge on any atom is 0.110 e. The Balaban J connectivity index is 1.97. The van der Waals surface area contributed by atoms with E-state index in [0.29, 0.717) is 0 Å². The highest BCUT2D eigenvalue weighted by Crippen LogP contribution is 2.05. The Hall–Kier alpha value is -1.68. The quantitative estimate of drug-likeness (QED) is 0.796. The average molecular weight is 216 g/mol. The van der Waals surface area contributed by atoms with Crippen molar-refractivity contribution in [3.8, 4) is 0 Å². The number of aromatic nitrogens is 3. The lowest BCUT2D eigenvalue weighted by atomic mass is 10.2. The van der Waals surface area contributed by atoms with Gasteiger partial charge in [-0.2, -0.15) is 0 Å². The molecule has 2 N–H and O–H groups in total. The highest BCUT2D eigenvalue weighted by atomic mass is 15.0. The number of nitrogens with one attached hydrogen (secondary N) is 2. The summed E-state index contributed by atoms with van der Waals surface area (Å²) in [5.41, 5.74) is 2.35. The van der Waals surface area contributed by atoms with Crippen LogP contribution >= 0.6 is 0 Å². The standard InChI is InChI=1S/C12H16N4/c1-2-13-8-11-9-15-12(16-11)7-10-3-5-14-6-4-10/h3-6,9,13H,2,7-8H2,1H3,(H,15,16). The lowest BCUT2D eigenvalue weighted by Crippen LogP contribution is -2.11. The van der Waals surface area contributed by atoms with Crippen molar-refractivity contribution in [2.24, 2.45) is 0 Å². The van der Waals surface area contributed by atoms with E-state index in [-0.39, 0.29) is 0 Å². The van der Waals surface area contributed by atoms with Crippen molar-refractivity contribution in [3.63, 3.8) is 0 Å². The first kappa shape index (κ1) is 10.8. The zero-order valence-corrected chi connectivity index (χ0v) is 9.40. The molecule has 2 aromatic heterocycles. The number of H-pyrrole nitrogens is 1. The van der Waals surface area contributed by atoms with Crippen LogP contribution in [0.2, 0.25) is 0 Å². The summed E-state index contributed by atoms with van der Waals surface area (Å²) in [7, 11) is 0. The highest BCUT2D eigenvalue weighted by molar-refractivity contribution is 5.16. The molecular weight excluding hydrogens is 200 g/mol. The minimum Gasteiger partial charge on any atom is -0.345 e. The van der Waals surface area contributed by atoms with Crippen LogP contribution < -0.4 is 5.32 Å². The molecule has 0 aliphatic rings. The number of imidazole rings is 1. The molecule has 0 bridgehead atoms. The van der Waals surface area contributed by atoms with Crippen molar-refractivity contribution >= 4 is 0 Å². The minimum atomic E-state index is 0.828. The molecular formula is C12H16N4. The van der Waals surface area contributed by atoms with Gasteiger partial charge in [0.1, 0.15) is 5.82 Å². The zero-order chi connectivity index (χ0) is 11.2. The average Bonchev–Trinajstić information content (AvgIpc) is 2.75. The van der Waals surface area contributed by atoms with Gasteiger partial charge in [-0.3, -0.25) is 4.98 Å². The fraction of sp³-hybridized carbons (Fsp3) is 0.333. The predicted molar refractivity (Wildman–Crippen MR) is 63.0 cm³/mol. The van der Waals surface area contributed by atoms with Gasteiger partial charge in [-0.15, -0.1) is 0 Å². The van der Waals surface area contributed by atoms with Crippen LogP contribution in [0.1, 0.15) is 24.0 Å². The largest absolute Gasteiger partial charge is 0.345 e. The number of hydrogen-bond donors (Lipinski definition) is 2. The summed E-state index contributed by atoms with van der Waals surface area (Å²) in [6, 6.07) is 4.01. The second kappa shape index (κ2) is 5.42. The van der Waals surface area contributed by atoms with Crippen LogP contribution in [-0.4, -0.2) is 21.5 Å². The summed E-state index contributed by atoms with van der Waals surface area (Å²) >= 11 is 0. The molecule has 0 amide bonds. The number of pyridine rings is 1. The van der Waals surface area contributed by atoms with Crippen molar-refractivity contribution in [2.75, 3.05) is 6.54 Å². The molecule has 4 nitrogen and oxygen atoms in total. The van der Waals surface area contributed by atoms with Crippen LogP contribution in [0, 0.1) is 0 Å². The van der Waals surface area contributed by atoms with Crippen molar-refractivity contribution in [3.05, 3.63) is 47.8 Å². The molecule has 0 aromatic carbocycles. The molecule has 84 valence electrons. The van der Waals surface area contributed by atoms with Crippen molar-refractivity contribution < 1.29 is 0 Å². The predicted octanol–water partition coefficient (Wildman–Crippen LogP) is 1.50. The minimum absolute atomic E-state index is 0.828. The van der Waals surface area contributed by atoms with E-state index in [0.717, 1.165) is 31.0 Å². The lowest BCUT2D eigenvalue weighted by molar-refractivity contribution is 0.712. The smallest absolute Gasteiger partial charge is 0.110 e. The van der Waals surface area contributed by atoms with E-state index in [1.54, 1.807) is 12.4 Å². The van der Waals surface area contributed by atoms with E-state index in [2.05, 4.69) is 27.2 Å². The van der Waals surface area contributed by atoms with E-state index in [9.17, 15) is 0 Å². The first-order valence-electron chi connectivity index (χ1n) is 5.51. The van der Waals surface area contributed by atoms with Crippen molar-refractivity contribution in [2.45, 2.75) is 19.9 Å². The molecule has 0 atom stereocenters. The van der Waals surface area contributed by atoms with Gasteiger partial charge in [-0.05, 0) is 24.2 Å². The highest BCUT2D eigenvalue weighted by Gasteiger charge is 2.01. The fourth-order valence-corrected chi connectivity index (χ4v) is 1.54. The Morgan fingerprint density at radius 2 is 2.12 bits per heavy atom. The van der Waals surface area contributed by atoms with Crippen molar-refractivity contribution in [1.29, 1.82) is 0 Å². The summed E-state index contributed by atoms with van der Waals surface area (Å²) in [4.78, 5) is 11.6. The third kappa shape index (κ3) is 2.90. The zero-order valence-electron chi connectivity index (χ0n) is 9.40. The van der Waals surface area contributed by atoms with Crippen LogP contribution in [0.25, 0.3) is 0 Å². The SMILES string of the molecule is CCNCc1cnc(Cc2ccncc2)[nH]1. The molecule has 0 aliphatic carbocycles. The van der Waals surface area contributed by atoms with Crippen molar-refractivity contribution in [1.82, 2.24) is 20.3 Å². The molecule has 16 heavy (non-hydrogen) atoms. The van der Waals surface area contributed by atoms with E-state index in [1.807, 2.05) is 18.3 Å². The first-order valence-corrected chi connectivity index (χ1v) is 5.51. The number of aromatic amines is 1. The second-order valence-electron chi connectivity index (χ2n) is 3.67. The molecule has 0 fully saturated rings. The summed E-state index contributed by atoms with van der Waals surface area (Å²) in [6.07, 6.45) is 6.32. The number of rotatable bonds is 5. The molecule has 0 spiro atoms. The van der Waals surface area contributed by atoms with E-state index in [4.69, 9.17) is 0 Å². The van der Waals surface area contributed by atoms with E-state index in [1.165, 1.54) is 5.56 Å². The summed E-state index contributed by atoms with van der Waals surface area (Å²) in [5, 5.41) is 3.26. The number of nitrogens with zero attached hydrogens (tertiary/aromatic N) is 2. The maximum atomic E-state index is 4.35. The molecule has 2 aromatic rings. The third-order valence-electron chi connectivity index (χ3n) is 2.37. The molecule has 0 unspecified atom stereocenters. The van der Waals surface area contributed by atoms with Crippen LogP contribution in [-0.2, 0) is 13.0 Å². The molecule has 0 aliphatic heterocycles. The van der Waals surface area contributed by atoms with Gasteiger partial charge in [0.25, 0.3) is 0 Å². The van der Waals surface area contributed by atoms with Gasteiger partial charge in [0.2, 0.25) is 0 Å². The number of hydrogen-bond acceptors (Lipinski definition) is 3. The van der Waals surface area contributed by atoms with Crippen LogP contribution in [0.3, 0.4) is 0 Å². The van der Waals surface area contributed by atoms with Crippen LogP contribution in [0.4, 0.5) is 0 Å². The van der Waals surface area contributed by atoms with Gasteiger partial charge in [-0.1, -0.05) is 6.92 Å². The summed E-state index contributed by atoms with van der Waals surface area (Å²) < 4.78 is 0. The molecule has 2 rings (SSSR count). The molecule has 0 saturated heterocycles. The van der Waals surface area contributed by atoms with Gasteiger partial charge < -0.3 is 10.3 Å². The Morgan fingerprint density at radius 3 is 2.88 bits per heavy atom. The maximum absolute atomic E-state index is 4.35. The third-order valence-corrected chi connectivity index (χ3v) is 2.37. The molecule has 0 radical (unpaired) electrons. The van der Waals surface area contributed by atoms with Crippen LogP contribution in [0.15, 0.2) is 30.7 Å². The Bertz CT molecular complexity index is 422. The topological polar surface area (TPSA) is 53.6 Å². The van der Waals surface area contributed by atoms with Crippen LogP contribution in [0.5, 0.6) is 0 Å². The van der Waals surface area contributed by atoms with Gasteiger partial charge in [0.15, 0.2) is 0 Å². The van der Waals surface area contributed by atoms with Gasteiger partial charge in [-0.25, -0.2) is 4.98 Å². The normalized spacial score (nSPS) is 10.6. The molecule has 0 saturated carbocycles. The summed E-state index contributed by atoms with van der Waals surface area (Å²) in [6.45, 7) is 3.91. The second-order valence-corrected chi connectivity index (χ2v) is 3.67. The Kier molecular flexibility index (Phi) is 3.66. The lowest BCUT2D eigenvalue weighted by Gasteiger charge is -1.98. The molecule has 4 heteroatoms. The summed E-state index contributed by atoms with van der Waals surface area (Å²) in [5.74, 6) is 0.999. The van der Waals surface area contributed by atoms with Gasteiger partial charge in [0, 0.05) is 37.3 Å². The van der Waals surface area contributed by atoms with E-state index >= 15 is 0 Å². The first-order chi connectivity index (χ1) is 7.88. The van der Waals surface area contributed by atoms with E-state index < -0.39 is 0 Å². The fourth-order valence-electron chi connectivity index (χ4n) is 1.54. The molecule has 2 heterocycles. The van der Waals surface area contributed by atoms with Gasteiger partial charge >= 0.3 is 0 Å². The Labute approximate surface area is 95.1 Å². The monoisotopic (exact) mass is 216 g/mol. The van der Waals surface area contributed by atoms with Gasteiger partial charge in [0.05, 0.1) is 0 Å².